The molecule has 3 aromatic carbocycles. The van der Waals surface area contributed by atoms with Crippen LogP contribution in [0, 0.1) is 27.7 Å². The van der Waals surface area contributed by atoms with Gasteiger partial charge in [-0.3, -0.25) is 14.2 Å². The molecule has 0 aliphatic heterocycles. The summed E-state index contributed by atoms with van der Waals surface area (Å²) >= 11 is 24.6. The molecule has 32 heavy (non-hydrogen) atoms. The number of rotatable bonds is 5. The Morgan fingerprint density at radius 1 is 0.750 bits per heavy atom. The van der Waals surface area contributed by atoms with Gasteiger partial charge in [0, 0.05) is 11.1 Å². The zero-order valence-electron chi connectivity index (χ0n) is 17.6. The van der Waals surface area contributed by atoms with Gasteiger partial charge in [-0.25, -0.2) is 0 Å². The van der Waals surface area contributed by atoms with Crippen LogP contribution in [0.1, 0.15) is 48.5 Å². The lowest BCUT2D eigenvalue weighted by Gasteiger charge is -2.15. The zero-order valence-corrected chi connectivity index (χ0v) is 21.6. The Morgan fingerprint density at radius 2 is 1.31 bits per heavy atom. The second-order valence-corrected chi connectivity index (χ2v) is 10.5. The van der Waals surface area contributed by atoms with E-state index in [2.05, 4.69) is 0 Å². The molecule has 0 saturated heterocycles. The Bertz CT molecular complexity index is 1290. The number of ketones is 1. The molecule has 165 valence electrons. The fourth-order valence-corrected chi connectivity index (χ4v) is 5.94. The molecule has 3 aromatic rings. The first-order chi connectivity index (χ1) is 15.0. The van der Waals surface area contributed by atoms with Crippen LogP contribution in [0.25, 0.3) is 0 Å². The smallest absolute Gasteiger partial charge is 0.247 e. The van der Waals surface area contributed by atoms with Gasteiger partial charge >= 0.3 is 0 Å². The van der Waals surface area contributed by atoms with Crippen LogP contribution < -0.4 is 5.30 Å². The fraction of sp³-hybridized carbons (Fsp3) is 0.167. The molecule has 3 nitrogen and oxygen atoms in total. The van der Waals surface area contributed by atoms with Crippen molar-refractivity contribution in [2.75, 3.05) is 0 Å². The fourth-order valence-electron chi connectivity index (χ4n) is 3.57. The number of hydrogen-bond acceptors (Lipinski definition) is 3. The zero-order chi connectivity index (χ0) is 23.9. The summed E-state index contributed by atoms with van der Waals surface area (Å²) in [4.78, 5) is 26.7. The van der Waals surface area contributed by atoms with Gasteiger partial charge in [0.2, 0.25) is 5.52 Å². The summed E-state index contributed by atoms with van der Waals surface area (Å²) < 4.78 is 13.4. The Labute approximate surface area is 207 Å². The number of carbonyl (C=O) groups excluding carboxylic acids is 2. The van der Waals surface area contributed by atoms with E-state index in [0.717, 1.165) is 22.3 Å². The Morgan fingerprint density at radius 3 is 1.91 bits per heavy atom. The van der Waals surface area contributed by atoms with Crippen LogP contribution in [-0.4, -0.2) is 11.3 Å². The average molecular weight is 527 g/mol. The summed E-state index contributed by atoms with van der Waals surface area (Å²) in [5, 5.41) is 0.0804. The van der Waals surface area contributed by atoms with Gasteiger partial charge in [-0.2, -0.15) is 0 Å². The quantitative estimate of drug-likeness (QED) is 0.192. The maximum absolute atomic E-state index is 13.4. The number of hydrogen-bond donors (Lipinski definition) is 0. The molecule has 1 unspecified atom stereocenters. The third-order valence-corrected chi connectivity index (χ3v) is 8.46. The summed E-state index contributed by atoms with van der Waals surface area (Å²) in [6, 6.07) is 9.41. The standard InChI is InChI=1S/C24H18Cl4O3P/c1-11-9-12(2)19(14(4)13(11)3)24(30)32(31)18-8-6-5-7-15(18)23(29)20-21(27)16(25)10-17(26)22(20)28/h5-10H,1-4H3. The van der Waals surface area contributed by atoms with Crippen molar-refractivity contribution in [3.8, 4) is 0 Å². The highest BCUT2D eigenvalue weighted by molar-refractivity contribution is 7.71. The Hall–Kier alpha value is -1.74. The highest BCUT2D eigenvalue weighted by Gasteiger charge is 2.29. The Kier molecular flexibility index (Phi) is 7.49. The lowest BCUT2D eigenvalue weighted by atomic mass is 9.95. The predicted octanol–water partition coefficient (Wildman–Crippen LogP) is 8.06. The van der Waals surface area contributed by atoms with Crippen molar-refractivity contribution in [3.63, 3.8) is 0 Å². The topological polar surface area (TPSA) is 51.2 Å². The van der Waals surface area contributed by atoms with Crippen molar-refractivity contribution in [2.24, 2.45) is 0 Å². The van der Waals surface area contributed by atoms with Crippen LogP contribution in [0.15, 0.2) is 36.4 Å². The van der Waals surface area contributed by atoms with Gasteiger partial charge in [0.1, 0.15) is 0 Å². The number of carbonyl (C=O) groups is 2. The van der Waals surface area contributed by atoms with E-state index >= 15 is 0 Å². The van der Waals surface area contributed by atoms with E-state index < -0.39 is 19.1 Å². The van der Waals surface area contributed by atoms with Crippen LogP contribution >= 0.6 is 54.2 Å². The van der Waals surface area contributed by atoms with E-state index in [1.54, 1.807) is 19.1 Å². The van der Waals surface area contributed by atoms with E-state index in [0.29, 0.717) is 5.56 Å². The molecule has 0 aliphatic carbocycles. The molecule has 3 rings (SSSR count). The van der Waals surface area contributed by atoms with Gasteiger partial charge in [-0.05, 0) is 68.1 Å². The van der Waals surface area contributed by atoms with E-state index in [-0.39, 0.29) is 36.5 Å². The summed E-state index contributed by atoms with van der Waals surface area (Å²) in [5.74, 6) is -0.621. The van der Waals surface area contributed by atoms with Crippen molar-refractivity contribution in [1.82, 2.24) is 0 Å². The van der Waals surface area contributed by atoms with Crippen molar-refractivity contribution < 1.29 is 14.2 Å². The molecule has 1 atom stereocenters. The van der Waals surface area contributed by atoms with Gasteiger partial charge in [0.05, 0.1) is 31.0 Å². The van der Waals surface area contributed by atoms with Crippen molar-refractivity contribution in [2.45, 2.75) is 27.7 Å². The minimum absolute atomic E-state index is 0.0447. The largest absolute Gasteiger partial charge is 0.288 e. The summed E-state index contributed by atoms with van der Waals surface area (Å²) in [7, 11) is -2.61. The third-order valence-electron chi connectivity index (χ3n) is 5.46. The second-order valence-electron chi connectivity index (χ2n) is 7.42. The molecular formula is C24H18Cl4O3P. The average Bonchev–Trinajstić information content (AvgIpc) is 2.75. The van der Waals surface area contributed by atoms with Crippen LogP contribution in [0.2, 0.25) is 20.1 Å². The predicted molar refractivity (Wildman–Crippen MR) is 133 cm³/mol. The molecule has 0 aliphatic rings. The number of aryl methyl sites for hydroxylation is 2. The summed E-state index contributed by atoms with van der Waals surface area (Å²) in [6.07, 6.45) is 0. The third kappa shape index (κ3) is 4.38. The molecular weight excluding hydrogens is 509 g/mol. The number of benzene rings is 3. The molecule has 8 heteroatoms. The van der Waals surface area contributed by atoms with E-state index in [4.69, 9.17) is 46.4 Å². The molecule has 0 fully saturated rings. The number of halogens is 4. The molecule has 1 radical (unpaired) electrons. The first-order valence-corrected chi connectivity index (χ1v) is 12.3. The summed E-state index contributed by atoms with van der Waals surface area (Å²) in [6.45, 7) is 7.51. The van der Waals surface area contributed by atoms with Crippen LogP contribution in [-0.2, 0) is 4.57 Å². The Balaban J connectivity index is 2.15. The first-order valence-electron chi connectivity index (χ1n) is 9.53. The minimum atomic E-state index is -2.61. The van der Waals surface area contributed by atoms with Gasteiger partial charge in [-0.1, -0.05) is 64.6 Å². The monoisotopic (exact) mass is 525 g/mol. The lowest BCUT2D eigenvalue weighted by Crippen LogP contribution is -2.17. The van der Waals surface area contributed by atoms with Gasteiger partial charge < -0.3 is 0 Å². The highest BCUT2D eigenvalue weighted by Crippen LogP contribution is 2.39. The molecule has 0 bridgehead atoms. The van der Waals surface area contributed by atoms with Crippen molar-refractivity contribution in [1.29, 1.82) is 0 Å². The molecule has 0 saturated carbocycles. The SMILES string of the molecule is Cc1cc(C)c(C(=O)[P](=O)c2ccccc2C(=O)c2c(Cl)c(Cl)cc(Cl)c2Cl)c(C)c1C. The molecule has 0 aromatic heterocycles. The lowest BCUT2D eigenvalue weighted by molar-refractivity contribution is 0.103. The normalized spacial score (nSPS) is 11.4. The van der Waals surface area contributed by atoms with Crippen LogP contribution in [0.3, 0.4) is 0 Å². The van der Waals surface area contributed by atoms with Crippen LogP contribution in [0.5, 0.6) is 0 Å². The van der Waals surface area contributed by atoms with Gasteiger partial charge in [-0.15, -0.1) is 0 Å². The molecule has 0 amide bonds. The highest BCUT2D eigenvalue weighted by atomic mass is 35.5. The first kappa shape index (κ1) is 24.9. The van der Waals surface area contributed by atoms with E-state index in [1.807, 2.05) is 26.8 Å². The maximum atomic E-state index is 13.4. The van der Waals surface area contributed by atoms with Crippen molar-refractivity contribution in [3.05, 3.63) is 95.4 Å². The molecule has 0 spiro atoms. The van der Waals surface area contributed by atoms with Crippen LogP contribution in [0.4, 0.5) is 0 Å². The summed E-state index contributed by atoms with van der Waals surface area (Å²) in [5.41, 5.74) is 3.31. The minimum Gasteiger partial charge on any atom is -0.288 e. The maximum Gasteiger partial charge on any atom is 0.247 e. The van der Waals surface area contributed by atoms with Gasteiger partial charge in [0.15, 0.2) is 13.6 Å². The van der Waals surface area contributed by atoms with E-state index in [1.165, 1.54) is 18.2 Å². The van der Waals surface area contributed by atoms with Crippen molar-refractivity contribution >= 4 is 70.8 Å². The van der Waals surface area contributed by atoms with Gasteiger partial charge in [0.25, 0.3) is 0 Å². The van der Waals surface area contributed by atoms with E-state index in [9.17, 15) is 14.2 Å². The second kappa shape index (κ2) is 9.63. The molecule has 0 N–H and O–H groups in total. The molecule has 0 heterocycles.